The predicted octanol–water partition coefficient (Wildman–Crippen LogP) is 2.87. The monoisotopic (exact) mass is 288 g/mol. The molecule has 0 bridgehead atoms. The van der Waals surface area contributed by atoms with Crippen LogP contribution in [0.1, 0.15) is 38.4 Å². The lowest BCUT2D eigenvalue weighted by atomic mass is 10.1. The SMILES string of the molecule is C=CCOc1ccc(C2NC(C)C(=O)N2CCCC)cc1. The zero-order valence-electron chi connectivity index (χ0n) is 12.8. The van der Waals surface area contributed by atoms with Crippen molar-refractivity contribution >= 4 is 5.91 Å². The smallest absolute Gasteiger partial charge is 0.241 e. The van der Waals surface area contributed by atoms with Crippen molar-refractivity contribution in [1.82, 2.24) is 10.2 Å². The van der Waals surface area contributed by atoms with E-state index in [2.05, 4.69) is 18.8 Å². The van der Waals surface area contributed by atoms with E-state index in [1.807, 2.05) is 36.1 Å². The topological polar surface area (TPSA) is 41.6 Å². The molecule has 0 spiro atoms. The molecule has 1 saturated heterocycles. The van der Waals surface area contributed by atoms with Crippen molar-refractivity contribution < 1.29 is 9.53 Å². The molecule has 1 aliphatic rings. The Morgan fingerprint density at radius 3 is 2.71 bits per heavy atom. The third kappa shape index (κ3) is 3.64. The zero-order chi connectivity index (χ0) is 15.2. The minimum atomic E-state index is -0.122. The third-order valence-electron chi connectivity index (χ3n) is 3.69. The number of carbonyl (C=O) groups is 1. The normalized spacial score (nSPS) is 21.6. The van der Waals surface area contributed by atoms with Gasteiger partial charge in [0.25, 0.3) is 0 Å². The van der Waals surface area contributed by atoms with Crippen LogP contribution in [0.2, 0.25) is 0 Å². The predicted molar refractivity (Wildman–Crippen MR) is 84.1 cm³/mol. The Labute approximate surface area is 126 Å². The van der Waals surface area contributed by atoms with E-state index in [1.54, 1.807) is 6.08 Å². The fraction of sp³-hybridized carbons (Fsp3) is 0.471. The molecule has 1 aliphatic heterocycles. The Hall–Kier alpha value is -1.81. The molecule has 2 rings (SSSR count). The van der Waals surface area contributed by atoms with Gasteiger partial charge in [-0.3, -0.25) is 10.1 Å². The van der Waals surface area contributed by atoms with Crippen molar-refractivity contribution in [2.75, 3.05) is 13.2 Å². The molecule has 1 amide bonds. The van der Waals surface area contributed by atoms with Gasteiger partial charge >= 0.3 is 0 Å². The first-order valence-electron chi connectivity index (χ1n) is 7.57. The summed E-state index contributed by atoms with van der Waals surface area (Å²) in [6, 6.07) is 7.78. The van der Waals surface area contributed by atoms with Gasteiger partial charge in [0.15, 0.2) is 0 Å². The molecule has 1 aromatic carbocycles. The molecule has 0 saturated carbocycles. The van der Waals surface area contributed by atoms with E-state index in [4.69, 9.17) is 4.74 Å². The molecule has 2 atom stereocenters. The Kier molecular flexibility index (Phi) is 5.39. The van der Waals surface area contributed by atoms with Crippen LogP contribution in [0.5, 0.6) is 5.75 Å². The summed E-state index contributed by atoms with van der Waals surface area (Å²) >= 11 is 0. The summed E-state index contributed by atoms with van der Waals surface area (Å²) in [6.45, 7) is 8.99. The molecule has 1 aromatic rings. The summed E-state index contributed by atoms with van der Waals surface area (Å²) in [5.41, 5.74) is 1.09. The lowest BCUT2D eigenvalue weighted by molar-refractivity contribution is -0.129. The number of unbranched alkanes of at least 4 members (excludes halogenated alkanes) is 1. The number of hydrogen-bond acceptors (Lipinski definition) is 3. The van der Waals surface area contributed by atoms with Crippen molar-refractivity contribution in [3.8, 4) is 5.75 Å². The van der Waals surface area contributed by atoms with Gasteiger partial charge in [0.05, 0.1) is 6.04 Å². The highest BCUT2D eigenvalue weighted by atomic mass is 16.5. The number of benzene rings is 1. The Morgan fingerprint density at radius 1 is 1.38 bits per heavy atom. The van der Waals surface area contributed by atoms with E-state index in [0.29, 0.717) is 6.61 Å². The van der Waals surface area contributed by atoms with Gasteiger partial charge in [-0.1, -0.05) is 38.1 Å². The van der Waals surface area contributed by atoms with Gasteiger partial charge in [-0.2, -0.15) is 0 Å². The van der Waals surface area contributed by atoms with Crippen LogP contribution in [-0.2, 0) is 4.79 Å². The van der Waals surface area contributed by atoms with E-state index in [-0.39, 0.29) is 18.1 Å². The highest BCUT2D eigenvalue weighted by Crippen LogP contribution is 2.27. The van der Waals surface area contributed by atoms with Crippen LogP contribution >= 0.6 is 0 Å². The van der Waals surface area contributed by atoms with Gasteiger partial charge in [0.1, 0.15) is 18.5 Å². The van der Waals surface area contributed by atoms with E-state index in [1.165, 1.54) is 0 Å². The number of hydrogen-bond donors (Lipinski definition) is 1. The van der Waals surface area contributed by atoms with Crippen LogP contribution in [-0.4, -0.2) is 30.0 Å². The summed E-state index contributed by atoms with van der Waals surface area (Å²) in [5.74, 6) is 0.997. The van der Waals surface area contributed by atoms with E-state index < -0.39 is 0 Å². The quantitative estimate of drug-likeness (QED) is 0.784. The standard InChI is InChI=1S/C17H24N2O2/c1-4-6-11-19-16(18-13(3)17(19)20)14-7-9-15(10-8-14)21-12-5-2/h5,7-10,13,16,18H,2,4,6,11-12H2,1,3H3. The first kappa shape index (κ1) is 15.6. The Morgan fingerprint density at radius 2 is 2.10 bits per heavy atom. The van der Waals surface area contributed by atoms with E-state index >= 15 is 0 Å². The molecule has 0 radical (unpaired) electrons. The van der Waals surface area contributed by atoms with Gasteiger partial charge in [0.2, 0.25) is 5.91 Å². The van der Waals surface area contributed by atoms with Crippen molar-refractivity contribution in [3.05, 3.63) is 42.5 Å². The van der Waals surface area contributed by atoms with Gasteiger partial charge < -0.3 is 9.64 Å². The molecule has 4 nitrogen and oxygen atoms in total. The maximum absolute atomic E-state index is 12.2. The molecule has 0 aromatic heterocycles. The van der Waals surface area contributed by atoms with Crippen LogP contribution in [0, 0.1) is 0 Å². The fourth-order valence-electron chi connectivity index (χ4n) is 2.52. The fourth-order valence-corrected chi connectivity index (χ4v) is 2.52. The summed E-state index contributed by atoms with van der Waals surface area (Å²) < 4.78 is 5.49. The summed E-state index contributed by atoms with van der Waals surface area (Å²) in [6.07, 6.45) is 3.79. The second-order valence-electron chi connectivity index (χ2n) is 5.34. The third-order valence-corrected chi connectivity index (χ3v) is 3.69. The van der Waals surface area contributed by atoms with Gasteiger partial charge in [-0.05, 0) is 31.0 Å². The lowest BCUT2D eigenvalue weighted by Gasteiger charge is -2.24. The van der Waals surface area contributed by atoms with Crippen LogP contribution in [0.15, 0.2) is 36.9 Å². The number of amides is 1. The average molecular weight is 288 g/mol. The molecule has 1 fully saturated rings. The molecular weight excluding hydrogens is 264 g/mol. The Balaban J connectivity index is 2.11. The molecule has 1 N–H and O–H groups in total. The number of nitrogens with one attached hydrogen (secondary N) is 1. The molecule has 21 heavy (non-hydrogen) atoms. The van der Waals surface area contributed by atoms with E-state index in [9.17, 15) is 4.79 Å². The van der Waals surface area contributed by atoms with Gasteiger partial charge in [0, 0.05) is 6.54 Å². The maximum Gasteiger partial charge on any atom is 0.241 e. The van der Waals surface area contributed by atoms with Crippen molar-refractivity contribution in [3.63, 3.8) is 0 Å². The lowest BCUT2D eigenvalue weighted by Crippen LogP contribution is -2.31. The second-order valence-corrected chi connectivity index (χ2v) is 5.34. The van der Waals surface area contributed by atoms with Gasteiger partial charge in [-0.25, -0.2) is 0 Å². The number of ether oxygens (including phenoxy) is 1. The average Bonchev–Trinajstić information content (AvgIpc) is 2.79. The molecule has 1 heterocycles. The highest BCUT2D eigenvalue weighted by molar-refractivity contribution is 5.84. The van der Waals surface area contributed by atoms with Crippen molar-refractivity contribution in [1.29, 1.82) is 0 Å². The molecule has 0 aliphatic carbocycles. The zero-order valence-corrected chi connectivity index (χ0v) is 12.8. The molecule has 4 heteroatoms. The second kappa shape index (κ2) is 7.27. The van der Waals surface area contributed by atoms with Gasteiger partial charge in [-0.15, -0.1) is 0 Å². The van der Waals surface area contributed by atoms with Crippen LogP contribution < -0.4 is 10.1 Å². The summed E-state index contributed by atoms with van der Waals surface area (Å²) in [5, 5.41) is 3.36. The first-order chi connectivity index (χ1) is 10.2. The molecule has 2 unspecified atom stereocenters. The molecular formula is C17H24N2O2. The minimum absolute atomic E-state index is 0.0347. The Bertz CT molecular complexity index is 484. The largest absolute Gasteiger partial charge is 0.490 e. The van der Waals surface area contributed by atoms with Crippen LogP contribution in [0.25, 0.3) is 0 Å². The summed E-state index contributed by atoms with van der Waals surface area (Å²) in [7, 11) is 0. The molecule has 114 valence electrons. The van der Waals surface area contributed by atoms with Crippen LogP contribution in [0.4, 0.5) is 0 Å². The highest BCUT2D eigenvalue weighted by Gasteiger charge is 2.36. The summed E-state index contributed by atoms with van der Waals surface area (Å²) in [4.78, 5) is 14.2. The maximum atomic E-state index is 12.2. The first-order valence-corrected chi connectivity index (χ1v) is 7.57. The number of rotatable bonds is 7. The minimum Gasteiger partial charge on any atom is -0.490 e. The number of nitrogens with zero attached hydrogens (tertiary/aromatic N) is 1. The van der Waals surface area contributed by atoms with Crippen molar-refractivity contribution in [2.24, 2.45) is 0 Å². The number of carbonyl (C=O) groups excluding carboxylic acids is 1. The van der Waals surface area contributed by atoms with Crippen LogP contribution in [0.3, 0.4) is 0 Å². The van der Waals surface area contributed by atoms with Crippen molar-refractivity contribution in [2.45, 2.75) is 38.9 Å². The van der Waals surface area contributed by atoms with E-state index in [0.717, 1.165) is 30.7 Å².